The molecule has 0 aromatic heterocycles. The van der Waals surface area contributed by atoms with E-state index in [4.69, 9.17) is 18.9 Å². The van der Waals surface area contributed by atoms with Gasteiger partial charge >= 0.3 is 5.97 Å². The fourth-order valence-electron chi connectivity index (χ4n) is 4.11. The Morgan fingerprint density at radius 2 is 1.33 bits per heavy atom. The van der Waals surface area contributed by atoms with Crippen LogP contribution in [0.1, 0.15) is 123 Å². The third kappa shape index (κ3) is 14.3. The molecule has 0 radical (unpaired) electrons. The van der Waals surface area contributed by atoms with Crippen molar-refractivity contribution in [1.29, 1.82) is 0 Å². The molecule has 0 aliphatic carbocycles. The van der Waals surface area contributed by atoms with Crippen molar-refractivity contribution in [3.63, 3.8) is 0 Å². The zero-order chi connectivity index (χ0) is 28.6. The monoisotopic (exact) mass is 626 g/mol. The van der Waals surface area contributed by atoms with Crippen LogP contribution < -0.4 is 0 Å². The summed E-state index contributed by atoms with van der Waals surface area (Å²) in [6.07, 6.45) is 3.94. The van der Waals surface area contributed by atoms with Gasteiger partial charge in [-0.15, -0.1) is 0 Å². The van der Waals surface area contributed by atoms with E-state index in [1.54, 1.807) is 0 Å². The van der Waals surface area contributed by atoms with Gasteiger partial charge in [-0.25, -0.2) is 0 Å². The second-order valence-corrected chi connectivity index (χ2v) is 16.3. The van der Waals surface area contributed by atoms with E-state index in [2.05, 4.69) is 120 Å². The van der Waals surface area contributed by atoms with E-state index < -0.39 is 0 Å². The van der Waals surface area contributed by atoms with Gasteiger partial charge in [-0.05, 0) is 93.7 Å². The first-order valence-electron chi connectivity index (χ1n) is 13.8. The Hall–Kier alpha value is 0.0800. The molecule has 6 heteroatoms. The van der Waals surface area contributed by atoms with Gasteiger partial charge in [0.1, 0.15) is 10.2 Å². The van der Waals surface area contributed by atoms with Crippen LogP contribution in [-0.4, -0.2) is 47.2 Å². The van der Waals surface area contributed by atoms with Crippen LogP contribution in [-0.2, 0) is 23.7 Å². The first-order valence-corrected chi connectivity index (χ1v) is 14.9. The topological polar surface area (TPSA) is 54.0 Å². The maximum Gasteiger partial charge on any atom is 0.309 e. The predicted octanol–water partition coefficient (Wildman–Crippen LogP) is 8.60. The van der Waals surface area contributed by atoms with Crippen molar-refractivity contribution in [1.82, 2.24) is 0 Å². The molecule has 0 saturated heterocycles. The first-order chi connectivity index (χ1) is 16.0. The Balaban J connectivity index is 4.65. The van der Waals surface area contributed by atoms with Gasteiger partial charge in [0.15, 0.2) is 0 Å². The lowest BCUT2D eigenvalue weighted by Gasteiger charge is -2.42. The van der Waals surface area contributed by atoms with E-state index >= 15 is 0 Å². The number of halogens is 1. The van der Waals surface area contributed by atoms with E-state index in [0.717, 1.165) is 25.7 Å². The normalized spacial score (nSPS) is 17.9. The number of ether oxygens (including phenoxy) is 4. The zero-order valence-corrected chi connectivity index (χ0v) is 28.3. The van der Waals surface area contributed by atoms with Gasteiger partial charge in [0.2, 0.25) is 0 Å². The molecule has 0 N–H and O–H groups in total. The van der Waals surface area contributed by atoms with Crippen molar-refractivity contribution in [2.75, 3.05) is 19.8 Å². The highest BCUT2D eigenvalue weighted by molar-refractivity contribution is 14.1. The molecule has 216 valence electrons. The van der Waals surface area contributed by atoms with Crippen LogP contribution in [0.5, 0.6) is 0 Å². The van der Waals surface area contributed by atoms with Crippen molar-refractivity contribution in [2.45, 2.75) is 144 Å². The number of esters is 1. The molecule has 0 aliphatic rings. The minimum atomic E-state index is -0.370. The lowest BCUT2D eigenvalue weighted by atomic mass is 9.72. The second kappa shape index (κ2) is 14.5. The Kier molecular flexibility index (Phi) is 14.5. The third-order valence-corrected chi connectivity index (χ3v) is 8.86. The molecule has 0 aliphatic heterocycles. The van der Waals surface area contributed by atoms with Gasteiger partial charge in [-0.3, -0.25) is 4.79 Å². The van der Waals surface area contributed by atoms with Gasteiger partial charge in [-0.1, -0.05) is 62.3 Å². The van der Waals surface area contributed by atoms with Gasteiger partial charge in [0.05, 0.1) is 36.9 Å². The van der Waals surface area contributed by atoms with Crippen LogP contribution in [0.4, 0.5) is 0 Å². The summed E-state index contributed by atoms with van der Waals surface area (Å²) in [5.41, 5.74) is -0.503. The van der Waals surface area contributed by atoms with Crippen LogP contribution in [0.2, 0.25) is 0 Å². The van der Waals surface area contributed by atoms with Crippen molar-refractivity contribution in [3.8, 4) is 0 Å². The number of hydrogen-bond donors (Lipinski definition) is 0. The van der Waals surface area contributed by atoms with Crippen LogP contribution >= 0.6 is 22.6 Å². The van der Waals surface area contributed by atoms with Gasteiger partial charge in [0.25, 0.3) is 0 Å². The highest BCUT2D eigenvalue weighted by Gasteiger charge is 2.41. The molecule has 0 spiro atoms. The fourth-order valence-corrected chi connectivity index (χ4v) is 4.55. The SMILES string of the molecule is CCC(C)OC(C)CC(C)(C)C(C)(I)OCCC(C)(C)OCCOC(=O)C(CC(C)(C)C)C(C)(C)C. The molecular weight excluding hydrogens is 567 g/mol. The summed E-state index contributed by atoms with van der Waals surface area (Å²) in [5, 5.41) is 0. The van der Waals surface area contributed by atoms with Crippen molar-refractivity contribution >= 4 is 28.6 Å². The Bertz CT molecular complexity index is 643. The minimum Gasteiger partial charge on any atom is -0.463 e. The lowest BCUT2D eigenvalue weighted by Crippen LogP contribution is -2.42. The van der Waals surface area contributed by atoms with E-state index in [0.29, 0.717) is 13.2 Å². The summed E-state index contributed by atoms with van der Waals surface area (Å²) in [4.78, 5) is 12.8. The molecule has 0 aromatic carbocycles. The quantitative estimate of drug-likeness (QED) is 0.0744. The fraction of sp³-hybridized carbons (Fsp3) is 0.967. The molecule has 4 atom stereocenters. The van der Waals surface area contributed by atoms with E-state index in [9.17, 15) is 4.79 Å². The molecule has 36 heavy (non-hydrogen) atoms. The van der Waals surface area contributed by atoms with Crippen LogP contribution in [0.3, 0.4) is 0 Å². The average Bonchev–Trinajstić information content (AvgIpc) is 2.66. The highest BCUT2D eigenvalue weighted by Crippen LogP contribution is 2.44. The van der Waals surface area contributed by atoms with Gasteiger partial charge < -0.3 is 18.9 Å². The maximum atomic E-state index is 12.8. The molecular formula is C30H59IO5. The van der Waals surface area contributed by atoms with E-state index in [1.165, 1.54) is 0 Å². The predicted molar refractivity (Wildman–Crippen MR) is 160 cm³/mol. The lowest BCUT2D eigenvalue weighted by molar-refractivity contribution is -0.158. The van der Waals surface area contributed by atoms with Crippen LogP contribution in [0.25, 0.3) is 0 Å². The Morgan fingerprint density at radius 1 is 0.778 bits per heavy atom. The molecule has 0 rings (SSSR count). The zero-order valence-electron chi connectivity index (χ0n) is 26.1. The van der Waals surface area contributed by atoms with Crippen molar-refractivity contribution < 1.29 is 23.7 Å². The van der Waals surface area contributed by atoms with Crippen LogP contribution in [0.15, 0.2) is 0 Å². The minimum absolute atomic E-state index is 0.0592. The second-order valence-electron chi connectivity index (χ2n) is 14.2. The highest BCUT2D eigenvalue weighted by atomic mass is 127. The summed E-state index contributed by atoms with van der Waals surface area (Å²) in [7, 11) is 0. The van der Waals surface area contributed by atoms with Gasteiger partial charge in [-0.2, -0.15) is 0 Å². The number of alkyl halides is 1. The smallest absolute Gasteiger partial charge is 0.309 e. The maximum absolute atomic E-state index is 12.8. The molecule has 0 bridgehead atoms. The molecule has 4 unspecified atom stereocenters. The largest absolute Gasteiger partial charge is 0.463 e. The third-order valence-electron chi connectivity index (χ3n) is 7.09. The number of carbonyl (C=O) groups is 1. The molecule has 5 nitrogen and oxygen atoms in total. The number of carbonyl (C=O) groups excluding carboxylic acids is 1. The van der Waals surface area contributed by atoms with E-state index in [1.807, 2.05) is 0 Å². The molecule has 0 saturated carbocycles. The van der Waals surface area contributed by atoms with E-state index in [-0.39, 0.29) is 56.2 Å². The van der Waals surface area contributed by atoms with Gasteiger partial charge in [0, 0.05) is 5.41 Å². The average molecular weight is 627 g/mol. The summed E-state index contributed by atoms with van der Waals surface area (Å²) >= 11 is 2.43. The number of rotatable bonds is 16. The van der Waals surface area contributed by atoms with Crippen LogP contribution in [0, 0.1) is 22.2 Å². The Morgan fingerprint density at radius 3 is 1.81 bits per heavy atom. The summed E-state index contributed by atoms with van der Waals surface area (Å²) in [6.45, 7) is 31.2. The van der Waals surface area contributed by atoms with Crippen molar-refractivity contribution in [2.24, 2.45) is 22.2 Å². The van der Waals surface area contributed by atoms with Crippen molar-refractivity contribution in [3.05, 3.63) is 0 Å². The summed E-state index contributed by atoms with van der Waals surface area (Å²) in [6, 6.07) is 0. The summed E-state index contributed by atoms with van der Waals surface area (Å²) < 4.78 is 23.9. The Labute approximate surface area is 237 Å². The standard InChI is InChI=1S/C30H59IO5/c1-15-22(2)36-23(3)20-28(10,11)30(14,31)35-17-16-29(12,13)34-19-18-33-25(32)24(27(7,8)9)21-26(4,5)6/h22-24H,15-21H2,1-14H3. The molecule has 0 fully saturated rings. The summed E-state index contributed by atoms with van der Waals surface area (Å²) in [5.74, 6) is -0.265. The molecule has 0 heterocycles. The number of hydrogen-bond acceptors (Lipinski definition) is 5. The molecule has 0 aromatic rings. The first kappa shape index (κ1) is 36.1. The molecule has 0 amide bonds.